The zero-order valence-corrected chi connectivity index (χ0v) is 11.4. The standard InChI is InChI=1S/C13H20N4O2/c1-17(2)12(19)10-6-14-7-11(16-10)15-8-13(9-18)4-3-5-13/h6-7,18H,3-5,8-9H2,1-2H3,(H,15,16). The second-order valence-electron chi connectivity index (χ2n) is 5.35. The van der Waals surface area contributed by atoms with Crippen LogP contribution in [-0.2, 0) is 0 Å². The first-order chi connectivity index (χ1) is 9.06. The summed E-state index contributed by atoms with van der Waals surface area (Å²) < 4.78 is 0. The molecule has 0 atom stereocenters. The number of rotatable bonds is 5. The molecule has 104 valence electrons. The number of aliphatic hydroxyl groups is 1. The molecule has 1 aliphatic carbocycles. The van der Waals surface area contributed by atoms with E-state index in [-0.39, 0.29) is 17.9 Å². The van der Waals surface area contributed by atoms with E-state index < -0.39 is 0 Å². The van der Waals surface area contributed by atoms with Crippen LogP contribution in [0.2, 0.25) is 0 Å². The SMILES string of the molecule is CN(C)C(=O)c1cncc(NCC2(CO)CCC2)n1. The molecule has 19 heavy (non-hydrogen) atoms. The predicted octanol–water partition coefficient (Wildman–Crippen LogP) is 0.753. The van der Waals surface area contributed by atoms with E-state index in [9.17, 15) is 9.90 Å². The van der Waals surface area contributed by atoms with E-state index in [1.54, 1.807) is 20.3 Å². The Morgan fingerprint density at radius 1 is 1.47 bits per heavy atom. The molecule has 6 nitrogen and oxygen atoms in total. The Balaban J connectivity index is 2.01. The molecule has 1 aromatic rings. The van der Waals surface area contributed by atoms with Crippen molar-refractivity contribution in [2.24, 2.45) is 5.41 Å². The lowest BCUT2D eigenvalue weighted by Gasteiger charge is -2.40. The van der Waals surface area contributed by atoms with E-state index in [1.165, 1.54) is 11.1 Å². The summed E-state index contributed by atoms with van der Waals surface area (Å²) in [4.78, 5) is 21.5. The molecule has 1 amide bonds. The van der Waals surface area contributed by atoms with Gasteiger partial charge in [0, 0.05) is 26.1 Å². The van der Waals surface area contributed by atoms with Crippen LogP contribution in [0.25, 0.3) is 0 Å². The number of aromatic nitrogens is 2. The number of hydrogen-bond donors (Lipinski definition) is 2. The largest absolute Gasteiger partial charge is 0.396 e. The van der Waals surface area contributed by atoms with Crippen LogP contribution in [0.5, 0.6) is 0 Å². The molecule has 0 aromatic carbocycles. The maximum atomic E-state index is 11.8. The van der Waals surface area contributed by atoms with Crippen LogP contribution in [0, 0.1) is 5.41 Å². The Morgan fingerprint density at radius 3 is 2.74 bits per heavy atom. The molecule has 0 aliphatic heterocycles. The molecule has 1 fully saturated rings. The molecule has 2 N–H and O–H groups in total. The van der Waals surface area contributed by atoms with Crippen LogP contribution in [0.3, 0.4) is 0 Å². The first kappa shape index (κ1) is 13.7. The summed E-state index contributed by atoms with van der Waals surface area (Å²) in [5, 5.41) is 12.6. The zero-order chi connectivity index (χ0) is 13.9. The van der Waals surface area contributed by atoms with Gasteiger partial charge in [0.15, 0.2) is 0 Å². The third kappa shape index (κ3) is 3.01. The van der Waals surface area contributed by atoms with E-state index in [2.05, 4.69) is 15.3 Å². The number of nitrogens with one attached hydrogen (secondary N) is 1. The molecule has 0 spiro atoms. The lowest BCUT2D eigenvalue weighted by Crippen LogP contribution is -2.40. The number of carbonyl (C=O) groups is 1. The van der Waals surface area contributed by atoms with Crippen LogP contribution in [0.4, 0.5) is 5.82 Å². The minimum absolute atomic E-state index is 0.0246. The normalized spacial score (nSPS) is 16.6. The molecule has 0 saturated heterocycles. The molecular formula is C13H20N4O2. The van der Waals surface area contributed by atoms with Crippen molar-refractivity contribution in [2.75, 3.05) is 32.6 Å². The molecule has 1 aromatic heterocycles. The van der Waals surface area contributed by atoms with Crippen molar-refractivity contribution in [3.8, 4) is 0 Å². The predicted molar refractivity (Wildman–Crippen MR) is 71.9 cm³/mol. The van der Waals surface area contributed by atoms with Crippen molar-refractivity contribution in [3.63, 3.8) is 0 Å². The Morgan fingerprint density at radius 2 is 2.21 bits per heavy atom. The Hall–Kier alpha value is -1.69. The number of hydrogen-bond acceptors (Lipinski definition) is 5. The number of anilines is 1. The maximum absolute atomic E-state index is 11.8. The van der Waals surface area contributed by atoms with E-state index >= 15 is 0 Å². The number of nitrogens with zero attached hydrogens (tertiary/aromatic N) is 3. The molecule has 0 unspecified atom stereocenters. The second kappa shape index (κ2) is 5.52. The summed E-state index contributed by atoms with van der Waals surface area (Å²) in [6.07, 6.45) is 6.27. The van der Waals surface area contributed by atoms with Crippen molar-refractivity contribution < 1.29 is 9.90 Å². The number of carbonyl (C=O) groups excluding carboxylic acids is 1. The third-order valence-electron chi connectivity index (χ3n) is 3.65. The molecule has 0 radical (unpaired) electrons. The average Bonchev–Trinajstić information content (AvgIpc) is 2.37. The topological polar surface area (TPSA) is 78.4 Å². The van der Waals surface area contributed by atoms with E-state index in [4.69, 9.17) is 0 Å². The fourth-order valence-corrected chi connectivity index (χ4v) is 2.13. The minimum atomic E-state index is -0.170. The van der Waals surface area contributed by atoms with E-state index in [0.717, 1.165) is 19.3 Å². The summed E-state index contributed by atoms with van der Waals surface area (Å²) in [6, 6.07) is 0. The highest BCUT2D eigenvalue weighted by atomic mass is 16.3. The molecule has 0 bridgehead atoms. The third-order valence-corrected chi connectivity index (χ3v) is 3.65. The Labute approximate surface area is 112 Å². The van der Waals surface area contributed by atoms with Gasteiger partial charge in [-0.1, -0.05) is 6.42 Å². The first-order valence-electron chi connectivity index (χ1n) is 6.45. The van der Waals surface area contributed by atoms with Crippen LogP contribution in [0.15, 0.2) is 12.4 Å². The lowest BCUT2D eigenvalue weighted by molar-refractivity contribution is 0.0575. The Bertz CT molecular complexity index is 452. The van der Waals surface area contributed by atoms with Gasteiger partial charge in [0.05, 0.1) is 19.0 Å². The maximum Gasteiger partial charge on any atom is 0.273 e. The highest BCUT2D eigenvalue weighted by Gasteiger charge is 2.36. The van der Waals surface area contributed by atoms with Crippen molar-refractivity contribution in [3.05, 3.63) is 18.1 Å². The van der Waals surface area contributed by atoms with Crippen molar-refractivity contribution in [2.45, 2.75) is 19.3 Å². The molecular weight excluding hydrogens is 244 g/mol. The molecule has 2 rings (SSSR count). The van der Waals surface area contributed by atoms with Gasteiger partial charge in [-0.25, -0.2) is 4.98 Å². The molecule has 1 saturated carbocycles. The summed E-state index contributed by atoms with van der Waals surface area (Å²) in [6.45, 7) is 0.849. The first-order valence-corrected chi connectivity index (χ1v) is 6.45. The van der Waals surface area contributed by atoms with Gasteiger partial charge < -0.3 is 15.3 Å². The van der Waals surface area contributed by atoms with Gasteiger partial charge in [-0.2, -0.15) is 0 Å². The molecule has 1 heterocycles. The summed E-state index contributed by atoms with van der Waals surface area (Å²) in [5.41, 5.74) is 0.296. The van der Waals surface area contributed by atoms with Crippen molar-refractivity contribution in [1.29, 1.82) is 0 Å². The van der Waals surface area contributed by atoms with Gasteiger partial charge in [0.1, 0.15) is 11.5 Å². The fourth-order valence-electron chi connectivity index (χ4n) is 2.13. The van der Waals surface area contributed by atoms with Gasteiger partial charge in [0.2, 0.25) is 0 Å². The van der Waals surface area contributed by atoms with E-state index in [1.807, 2.05) is 0 Å². The van der Waals surface area contributed by atoms with Gasteiger partial charge in [0.25, 0.3) is 5.91 Å². The average molecular weight is 264 g/mol. The number of aliphatic hydroxyl groups excluding tert-OH is 1. The van der Waals surface area contributed by atoms with E-state index in [0.29, 0.717) is 18.1 Å². The fraction of sp³-hybridized carbons (Fsp3) is 0.615. The zero-order valence-electron chi connectivity index (χ0n) is 11.4. The minimum Gasteiger partial charge on any atom is -0.396 e. The van der Waals surface area contributed by atoms with Gasteiger partial charge in [-0.3, -0.25) is 9.78 Å². The highest BCUT2D eigenvalue weighted by molar-refractivity contribution is 5.91. The van der Waals surface area contributed by atoms with Crippen LogP contribution >= 0.6 is 0 Å². The highest BCUT2D eigenvalue weighted by Crippen LogP contribution is 2.40. The number of amides is 1. The van der Waals surface area contributed by atoms with Crippen LogP contribution in [-0.4, -0.2) is 53.1 Å². The quantitative estimate of drug-likeness (QED) is 0.820. The summed E-state index contributed by atoms with van der Waals surface area (Å²) in [7, 11) is 3.36. The Kier molecular flexibility index (Phi) is 3.99. The van der Waals surface area contributed by atoms with Gasteiger partial charge in [-0.05, 0) is 12.8 Å². The van der Waals surface area contributed by atoms with Crippen LogP contribution in [0.1, 0.15) is 29.8 Å². The van der Waals surface area contributed by atoms with Crippen molar-refractivity contribution >= 4 is 11.7 Å². The van der Waals surface area contributed by atoms with Gasteiger partial charge >= 0.3 is 0 Å². The molecule has 6 heteroatoms. The van der Waals surface area contributed by atoms with Crippen LogP contribution < -0.4 is 5.32 Å². The monoisotopic (exact) mass is 264 g/mol. The van der Waals surface area contributed by atoms with Crippen molar-refractivity contribution in [1.82, 2.24) is 14.9 Å². The second-order valence-corrected chi connectivity index (χ2v) is 5.35. The van der Waals surface area contributed by atoms with Gasteiger partial charge in [-0.15, -0.1) is 0 Å². The summed E-state index contributed by atoms with van der Waals surface area (Å²) >= 11 is 0. The summed E-state index contributed by atoms with van der Waals surface area (Å²) in [5.74, 6) is 0.407. The lowest BCUT2D eigenvalue weighted by atomic mass is 9.69. The molecule has 1 aliphatic rings. The smallest absolute Gasteiger partial charge is 0.273 e.